The lowest BCUT2D eigenvalue weighted by molar-refractivity contribution is 0.0697. The molecule has 0 heterocycles. The Morgan fingerprint density at radius 3 is 2.29 bits per heavy atom. The second-order valence-electron chi connectivity index (χ2n) is 4.39. The van der Waals surface area contributed by atoms with Gasteiger partial charge in [0.2, 0.25) is 0 Å². The minimum atomic E-state index is -3.78. The summed E-state index contributed by atoms with van der Waals surface area (Å²) < 4.78 is 26.9. The number of carbonyl (C=O) groups is 1. The van der Waals surface area contributed by atoms with E-state index in [-0.39, 0.29) is 10.5 Å². The second-order valence-corrected chi connectivity index (χ2v) is 6.51. The van der Waals surface area contributed by atoms with E-state index in [1.807, 2.05) is 0 Å². The van der Waals surface area contributed by atoms with Crippen LogP contribution in [0.3, 0.4) is 0 Å². The first kappa shape index (κ1) is 15.3. The Balaban J connectivity index is 2.31. The summed E-state index contributed by atoms with van der Waals surface area (Å²) in [6.07, 6.45) is 0. The zero-order valence-electron chi connectivity index (χ0n) is 11.0. The third kappa shape index (κ3) is 3.53. The van der Waals surface area contributed by atoms with E-state index in [0.29, 0.717) is 16.3 Å². The molecule has 7 heteroatoms. The van der Waals surface area contributed by atoms with Crippen molar-refractivity contribution in [1.29, 1.82) is 0 Å². The zero-order chi connectivity index (χ0) is 15.6. The highest BCUT2D eigenvalue weighted by Gasteiger charge is 2.16. The summed E-state index contributed by atoms with van der Waals surface area (Å²) >= 11 is 5.82. The Kier molecular flexibility index (Phi) is 4.20. The molecule has 0 spiro atoms. The maximum atomic E-state index is 12.2. The minimum Gasteiger partial charge on any atom is -0.478 e. The fraction of sp³-hybridized carbons (Fsp3) is 0.0714. The molecule has 0 amide bonds. The van der Waals surface area contributed by atoms with Crippen molar-refractivity contribution >= 4 is 33.3 Å². The van der Waals surface area contributed by atoms with Gasteiger partial charge in [-0.25, -0.2) is 13.2 Å². The molecule has 21 heavy (non-hydrogen) atoms. The van der Waals surface area contributed by atoms with Crippen LogP contribution in [0.4, 0.5) is 5.69 Å². The highest BCUT2D eigenvalue weighted by atomic mass is 35.5. The Morgan fingerprint density at radius 1 is 1.14 bits per heavy atom. The first-order valence-corrected chi connectivity index (χ1v) is 7.78. The topological polar surface area (TPSA) is 83.5 Å². The number of nitrogens with one attached hydrogen (secondary N) is 1. The number of carboxylic acid groups (broad SMARTS) is 1. The minimum absolute atomic E-state index is 0.0122. The molecule has 0 atom stereocenters. The van der Waals surface area contributed by atoms with Gasteiger partial charge in [0.05, 0.1) is 16.1 Å². The number of sulfonamides is 1. The monoisotopic (exact) mass is 325 g/mol. The van der Waals surface area contributed by atoms with Crippen LogP contribution in [0.5, 0.6) is 0 Å². The van der Waals surface area contributed by atoms with Gasteiger partial charge in [-0.3, -0.25) is 4.72 Å². The van der Waals surface area contributed by atoms with Gasteiger partial charge in [0, 0.05) is 5.02 Å². The molecule has 0 bridgehead atoms. The number of aryl methyl sites for hydroxylation is 1. The van der Waals surface area contributed by atoms with Gasteiger partial charge < -0.3 is 5.11 Å². The zero-order valence-corrected chi connectivity index (χ0v) is 12.6. The molecule has 0 saturated heterocycles. The van der Waals surface area contributed by atoms with Crippen LogP contribution in [0, 0.1) is 6.92 Å². The molecule has 0 unspecified atom stereocenters. The summed E-state index contributed by atoms with van der Waals surface area (Å²) in [5.74, 6) is -1.11. The largest absolute Gasteiger partial charge is 0.478 e. The Morgan fingerprint density at radius 2 is 1.76 bits per heavy atom. The molecule has 0 aromatic heterocycles. The number of benzene rings is 2. The first-order valence-electron chi connectivity index (χ1n) is 5.92. The van der Waals surface area contributed by atoms with E-state index < -0.39 is 16.0 Å². The summed E-state index contributed by atoms with van der Waals surface area (Å²) in [6, 6.07) is 9.78. The smallest absolute Gasteiger partial charge is 0.335 e. The third-order valence-electron chi connectivity index (χ3n) is 2.84. The van der Waals surface area contributed by atoms with Gasteiger partial charge in [-0.1, -0.05) is 11.6 Å². The molecule has 0 radical (unpaired) electrons. The molecule has 5 nitrogen and oxygen atoms in total. The van der Waals surface area contributed by atoms with Crippen LogP contribution in [0.25, 0.3) is 0 Å². The molecule has 2 N–H and O–H groups in total. The number of hydrogen-bond donors (Lipinski definition) is 2. The fourth-order valence-electron chi connectivity index (χ4n) is 1.72. The number of anilines is 1. The molecule has 2 aromatic carbocycles. The van der Waals surface area contributed by atoms with Crippen molar-refractivity contribution in [2.24, 2.45) is 0 Å². The molecule has 0 aliphatic rings. The van der Waals surface area contributed by atoms with Gasteiger partial charge in [0.15, 0.2) is 0 Å². The van der Waals surface area contributed by atoms with Gasteiger partial charge >= 0.3 is 5.97 Å². The fourth-order valence-corrected chi connectivity index (χ4v) is 3.08. The standard InChI is InChI=1S/C14H12ClNO4S/c1-9-8-11(15)4-7-13(9)16-21(19,20)12-5-2-10(3-6-12)14(17)18/h2-8,16H,1H3,(H,17,18). The van der Waals surface area contributed by atoms with Crippen molar-refractivity contribution in [3.05, 3.63) is 58.6 Å². The van der Waals surface area contributed by atoms with Crippen LogP contribution in [0.15, 0.2) is 47.4 Å². The van der Waals surface area contributed by atoms with E-state index in [1.165, 1.54) is 24.3 Å². The summed E-state index contributed by atoms with van der Waals surface area (Å²) in [4.78, 5) is 10.7. The molecule has 0 saturated carbocycles. The average molecular weight is 326 g/mol. The summed E-state index contributed by atoms with van der Waals surface area (Å²) in [5, 5.41) is 9.31. The molecule has 2 aromatic rings. The van der Waals surface area contributed by atoms with Gasteiger partial charge in [0.25, 0.3) is 10.0 Å². The molecule has 0 fully saturated rings. The Hall–Kier alpha value is -2.05. The second kappa shape index (κ2) is 5.75. The van der Waals surface area contributed by atoms with Crippen molar-refractivity contribution in [1.82, 2.24) is 0 Å². The predicted molar refractivity (Wildman–Crippen MR) is 80.4 cm³/mol. The van der Waals surface area contributed by atoms with E-state index >= 15 is 0 Å². The number of carboxylic acids is 1. The highest BCUT2D eigenvalue weighted by Crippen LogP contribution is 2.23. The normalized spacial score (nSPS) is 11.1. The van der Waals surface area contributed by atoms with Crippen LogP contribution in [0.1, 0.15) is 15.9 Å². The van der Waals surface area contributed by atoms with E-state index in [1.54, 1.807) is 25.1 Å². The lowest BCUT2D eigenvalue weighted by Crippen LogP contribution is -2.14. The average Bonchev–Trinajstić information content (AvgIpc) is 2.42. The Bertz CT molecular complexity index is 785. The van der Waals surface area contributed by atoms with E-state index in [2.05, 4.69) is 4.72 Å². The van der Waals surface area contributed by atoms with Crippen molar-refractivity contribution < 1.29 is 18.3 Å². The number of aromatic carboxylic acids is 1. The SMILES string of the molecule is Cc1cc(Cl)ccc1NS(=O)(=O)c1ccc(C(=O)O)cc1. The maximum Gasteiger partial charge on any atom is 0.335 e. The van der Waals surface area contributed by atoms with Gasteiger partial charge in [-0.05, 0) is 55.0 Å². The molecule has 2 rings (SSSR count). The van der Waals surface area contributed by atoms with Gasteiger partial charge in [0.1, 0.15) is 0 Å². The third-order valence-corrected chi connectivity index (χ3v) is 4.46. The van der Waals surface area contributed by atoms with Crippen molar-refractivity contribution in [2.45, 2.75) is 11.8 Å². The first-order chi connectivity index (χ1) is 9.79. The summed E-state index contributed by atoms with van der Waals surface area (Å²) in [7, 11) is -3.78. The number of hydrogen-bond acceptors (Lipinski definition) is 3. The summed E-state index contributed by atoms with van der Waals surface area (Å²) in [5.41, 5.74) is 1.13. The van der Waals surface area contributed by atoms with Crippen LogP contribution < -0.4 is 4.72 Å². The predicted octanol–water partition coefficient (Wildman–Crippen LogP) is 3.15. The van der Waals surface area contributed by atoms with Crippen molar-refractivity contribution in [2.75, 3.05) is 4.72 Å². The highest BCUT2D eigenvalue weighted by molar-refractivity contribution is 7.92. The van der Waals surface area contributed by atoms with Crippen LogP contribution >= 0.6 is 11.6 Å². The van der Waals surface area contributed by atoms with Crippen LogP contribution in [0.2, 0.25) is 5.02 Å². The lowest BCUT2D eigenvalue weighted by Gasteiger charge is -2.11. The summed E-state index contributed by atoms with van der Waals surface area (Å²) in [6.45, 7) is 1.73. The maximum absolute atomic E-state index is 12.2. The van der Waals surface area contributed by atoms with E-state index in [4.69, 9.17) is 16.7 Å². The van der Waals surface area contributed by atoms with Gasteiger partial charge in [-0.2, -0.15) is 0 Å². The number of halogens is 1. The van der Waals surface area contributed by atoms with E-state index in [9.17, 15) is 13.2 Å². The van der Waals surface area contributed by atoms with Crippen LogP contribution in [-0.4, -0.2) is 19.5 Å². The molecule has 0 aliphatic carbocycles. The Labute approximate surface area is 127 Å². The lowest BCUT2D eigenvalue weighted by atomic mass is 10.2. The van der Waals surface area contributed by atoms with Crippen molar-refractivity contribution in [3.63, 3.8) is 0 Å². The van der Waals surface area contributed by atoms with Crippen molar-refractivity contribution in [3.8, 4) is 0 Å². The number of rotatable bonds is 4. The van der Waals surface area contributed by atoms with E-state index in [0.717, 1.165) is 0 Å². The molecular formula is C14H12ClNO4S. The van der Waals surface area contributed by atoms with Gasteiger partial charge in [-0.15, -0.1) is 0 Å². The molecule has 0 aliphatic heterocycles. The van der Waals surface area contributed by atoms with Crippen LogP contribution in [-0.2, 0) is 10.0 Å². The quantitative estimate of drug-likeness (QED) is 0.904. The molecular weight excluding hydrogens is 314 g/mol. The molecule has 110 valence electrons.